The fourth-order valence-corrected chi connectivity index (χ4v) is 3.73. The maximum absolute atomic E-state index is 12.3. The van der Waals surface area contributed by atoms with Crippen LogP contribution in [0.25, 0.3) is 0 Å². The summed E-state index contributed by atoms with van der Waals surface area (Å²) in [7, 11) is 1.60. The van der Waals surface area contributed by atoms with E-state index in [9.17, 15) is 4.79 Å². The van der Waals surface area contributed by atoms with Gasteiger partial charge in [0.1, 0.15) is 11.5 Å². The molecule has 1 aromatic heterocycles. The van der Waals surface area contributed by atoms with Gasteiger partial charge in [0, 0.05) is 12.2 Å². The van der Waals surface area contributed by atoms with E-state index in [0.717, 1.165) is 5.75 Å². The van der Waals surface area contributed by atoms with Crippen molar-refractivity contribution in [2.75, 3.05) is 18.2 Å². The first-order chi connectivity index (χ1) is 15.0. The molecule has 2 aromatic carbocycles. The first kappa shape index (κ1) is 22.7. The summed E-state index contributed by atoms with van der Waals surface area (Å²) in [6.07, 6.45) is 1.35. The van der Waals surface area contributed by atoms with E-state index in [1.54, 1.807) is 49.6 Å². The van der Waals surface area contributed by atoms with Crippen molar-refractivity contribution in [2.24, 2.45) is 0 Å². The van der Waals surface area contributed by atoms with Crippen LogP contribution in [0.5, 0.6) is 11.5 Å². The number of hydrogen-bond acceptors (Lipinski definition) is 6. The third kappa shape index (κ3) is 6.02. The fraction of sp³-hybridized carbons (Fsp3) is 0.227. The molecule has 0 aliphatic heterocycles. The number of methoxy groups -OCH3 is 1. The van der Waals surface area contributed by atoms with E-state index in [-0.39, 0.29) is 11.7 Å². The number of carbonyl (C=O) groups excluding carboxylic acids is 1. The molecule has 9 heteroatoms. The molecule has 0 saturated heterocycles. The zero-order chi connectivity index (χ0) is 22.2. The van der Waals surface area contributed by atoms with Crippen molar-refractivity contribution >= 4 is 35.0 Å². The normalized spacial score (nSPS) is 11.6. The molecule has 0 fully saturated rings. The van der Waals surface area contributed by atoms with Gasteiger partial charge in [0.15, 0.2) is 17.1 Å². The summed E-state index contributed by atoms with van der Waals surface area (Å²) >= 11 is 7.48. The second-order valence-electron chi connectivity index (χ2n) is 6.50. The van der Waals surface area contributed by atoms with Crippen LogP contribution in [0, 0.1) is 0 Å². The topological polar surface area (TPSA) is 78.3 Å². The van der Waals surface area contributed by atoms with Gasteiger partial charge in [-0.05, 0) is 43.3 Å². The Labute approximate surface area is 190 Å². The van der Waals surface area contributed by atoms with E-state index in [0.29, 0.717) is 34.0 Å². The van der Waals surface area contributed by atoms with E-state index >= 15 is 0 Å². The van der Waals surface area contributed by atoms with Crippen LogP contribution in [0.3, 0.4) is 0 Å². The second kappa shape index (κ2) is 10.9. The Morgan fingerprint density at radius 2 is 2.00 bits per heavy atom. The SMILES string of the molecule is C=CCn1c(SCC(=O)Nc2ccc(OC)cc2)nnc1C(C)Oc1ccccc1Cl. The van der Waals surface area contributed by atoms with Crippen LogP contribution in [0.2, 0.25) is 5.02 Å². The average molecular weight is 459 g/mol. The zero-order valence-electron chi connectivity index (χ0n) is 17.2. The van der Waals surface area contributed by atoms with Gasteiger partial charge in [0.25, 0.3) is 0 Å². The third-order valence-corrected chi connectivity index (χ3v) is 5.55. The van der Waals surface area contributed by atoms with E-state index in [2.05, 4.69) is 22.1 Å². The third-order valence-electron chi connectivity index (χ3n) is 4.27. The van der Waals surface area contributed by atoms with Crippen molar-refractivity contribution in [3.05, 3.63) is 72.0 Å². The lowest BCUT2D eigenvalue weighted by Crippen LogP contribution is -2.15. The number of thioether (sulfide) groups is 1. The second-order valence-corrected chi connectivity index (χ2v) is 7.85. The van der Waals surface area contributed by atoms with Gasteiger partial charge in [-0.2, -0.15) is 0 Å². The maximum atomic E-state index is 12.3. The van der Waals surface area contributed by atoms with Crippen LogP contribution in [0.4, 0.5) is 5.69 Å². The average Bonchev–Trinajstić information content (AvgIpc) is 3.17. The van der Waals surface area contributed by atoms with Crippen LogP contribution >= 0.6 is 23.4 Å². The molecule has 3 aromatic rings. The number of amides is 1. The summed E-state index contributed by atoms with van der Waals surface area (Å²) in [5.41, 5.74) is 0.696. The number of rotatable bonds is 10. The van der Waals surface area contributed by atoms with Gasteiger partial charge in [0.05, 0.1) is 17.9 Å². The Morgan fingerprint density at radius 3 is 2.68 bits per heavy atom. The number of para-hydroxylation sites is 1. The van der Waals surface area contributed by atoms with E-state index in [4.69, 9.17) is 21.1 Å². The van der Waals surface area contributed by atoms with Gasteiger partial charge in [-0.3, -0.25) is 9.36 Å². The van der Waals surface area contributed by atoms with Crippen molar-refractivity contribution < 1.29 is 14.3 Å². The predicted octanol–water partition coefficient (Wildman–Crippen LogP) is 5.00. The number of nitrogens with one attached hydrogen (secondary N) is 1. The minimum absolute atomic E-state index is 0.148. The number of halogens is 1. The molecule has 0 bridgehead atoms. The molecule has 1 unspecified atom stereocenters. The van der Waals surface area contributed by atoms with Crippen molar-refractivity contribution in [1.82, 2.24) is 14.8 Å². The molecule has 1 N–H and O–H groups in total. The molecule has 0 aliphatic carbocycles. The summed E-state index contributed by atoms with van der Waals surface area (Å²) in [6.45, 7) is 6.16. The monoisotopic (exact) mass is 458 g/mol. The van der Waals surface area contributed by atoms with Gasteiger partial charge >= 0.3 is 0 Å². The van der Waals surface area contributed by atoms with Crippen LogP contribution in [-0.4, -0.2) is 33.5 Å². The highest BCUT2D eigenvalue weighted by atomic mass is 35.5. The van der Waals surface area contributed by atoms with Crippen molar-refractivity contribution in [3.63, 3.8) is 0 Å². The summed E-state index contributed by atoms with van der Waals surface area (Å²) < 4.78 is 13.0. The number of ether oxygens (including phenoxy) is 2. The maximum Gasteiger partial charge on any atom is 0.234 e. The number of anilines is 1. The molecule has 1 atom stereocenters. The van der Waals surface area contributed by atoms with Crippen molar-refractivity contribution in [2.45, 2.75) is 24.7 Å². The molecular weight excluding hydrogens is 436 g/mol. The predicted molar refractivity (Wildman–Crippen MR) is 123 cm³/mol. The van der Waals surface area contributed by atoms with Gasteiger partial charge in [-0.15, -0.1) is 16.8 Å². The van der Waals surface area contributed by atoms with Crippen LogP contribution < -0.4 is 14.8 Å². The molecule has 0 spiro atoms. The number of carbonyl (C=O) groups is 1. The van der Waals surface area contributed by atoms with Gasteiger partial charge < -0.3 is 14.8 Å². The zero-order valence-corrected chi connectivity index (χ0v) is 18.8. The molecule has 1 heterocycles. The van der Waals surface area contributed by atoms with E-state index in [1.165, 1.54) is 11.8 Å². The van der Waals surface area contributed by atoms with Crippen molar-refractivity contribution in [1.29, 1.82) is 0 Å². The number of allylic oxidation sites excluding steroid dienone is 1. The largest absolute Gasteiger partial charge is 0.497 e. The lowest BCUT2D eigenvalue weighted by molar-refractivity contribution is -0.113. The molecule has 162 valence electrons. The summed E-state index contributed by atoms with van der Waals surface area (Å²) in [5, 5.41) is 12.5. The molecule has 31 heavy (non-hydrogen) atoms. The quantitative estimate of drug-likeness (QED) is 0.340. The van der Waals surface area contributed by atoms with Crippen LogP contribution in [0.15, 0.2) is 66.3 Å². The Morgan fingerprint density at radius 1 is 1.26 bits per heavy atom. The van der Waals surface area contributed by atoms with E-state index < -0.39 is 6.10 Å². The van der Waals surface area contributed by atoms with Gasteiger partial charge in [0.2, 0.25) is 5.91 Å². The molecule has 0 radical (unpaired) electrons. The number of aromatic nitrogens is 3. The minimum Gasteiger partial charge on any atom is -0.497 e. The van der Waals surface area contributed by atoms with E-state index in [1.807, 2.05) is 23.6 Å². The Hall–Kier alpha value is -2.97. The summed E-state index contributed by atoms with van der Waals surface area (Å²) in [6, 6.07) is 14.4. The molecule has 7 nitrogen and oxygen atoms in total. The Kier molecular flexibility index (Phi) is 7.97. The standard InChI is InChI=1S/C22H23ClN4O3S/c1-4-13-27-21(15(2)30-19-8-6-5-7-18(19)23)25-26-22(27)31-14-20(28)24-16-9-11-17(29-3)12-10-16/h4-12,15H,1,13-14H2,2-3H3,(H,24,28). The van der Waals surface area contributed by atoms with Gasteiger partial charge in [-0.1, -0.05) is 41.6 Å². The van der Waals surface area contributed by atoms with Crippen LogP contribution in [0.1, 0.15) is 18.9 Å². The number of nitrogens with zero attached hydrogens (tertiary/aromatic N) is 3. The number of hydrogen-bond donors (Lipinski definition) is 1. The number of benzene rings is 2. The first-order valence-corrected chi connectivity index (χ1v) is 10.9. The minimum atomic E-state index is -0.394. The van der Waals surface area contributed by atoms with Crippen LogP contribution in [-0.2, 0) is 11.3 Å². The highest BCUT2D eigenvalue weighted by molar-refractivity contribution is 7.99. The molecule has 0 saturated carbocycles. The van der Waals surface area contributed by atoms with Crippen molar-refractivity contribution in [3.8, 4) is 11.5 Å². The fourth-order valence-electron chi connectivity index (χ4n) is 2.79. The summed E-state index contributed by atoms with van der Waals surface area (Å²) in [4.78, 5) is 12.3. The lowest BCUT2D eigenvalue weighted by atomic mass is 10.3. The summed E-state index contributed by atoms with van der Waals surface area (Å²) in [5.74, 6) is 1.95. The smallest absolute Gasteiger partial charge is 0.234 e. The Balaban J connectivity index is 1.65. The highest BCUT2D eigenvalue weighted by Crippen LogP contribution is 2.29. The molecular formula is C22H23ClN4O3S. The molecule has 0 aliphatic rings. The highest BCUT2D eigenvalue weighted by Gasteiger charge is 2.20. The lowest BCUT2D eigenvalue weighted by Gasteiger charge is -2.16. The Bertz CT molecular complexity index is 1040. The molecule has 3 rings (SSSR count). The first-order valence-electron chi connectivity index (χ1n) is 9.53. The molecule has 1 amide bonds. The van der Waals surface area contributed by atoms with Gasteiger partial charge in [-0.25, -0.2) is 0 Å².